The Morgan fingerprint density at radius 2 is 2.43 bits per heavy atom. The third-order valence-corrected chi connectivity index (χ3v) is 3.36. The molecule has 0 radical (unpaired) electrons. The van der Waals surface area contributed by atoms with Gasteiger partial charge in [0, 0.05) is 18.8 Å². The van der Waals surface area contributed by atoms with Crippen molar-refractivity contribution in [2.45, 2.75) is 38.3 Å². The zero-order valence-corrected chi connectivity index (χ0v) is 12.3. The molecular weight excluding hydrogens is 268 g/mol. The predicted molar refractivity (Wildman–Crippen MR) is 78.7 cm³/mol. The summed E-state index contributed by atoms with van der Waals surface area (Å²) in [4.78, 5) is 16.5. The smallest absolute Gasteiger partial charge is 0.271 e. The van der Waals surface area contributed by atoms with Gasteiger partial charge in [0.2, 0.25) is 0 Å². The Morgan fingerprint density at radius 1 is 1.62 bits per heavy atom. The molecule has 2 rings (SSSR count). The second-order valence-electron chi connectivity index (χ2n) is 5.63. The average Bonchev–Trinajstić information content (AvgIpc) is 2.44. The number of aliphatic hydroxyl groups excluding tert-OH is 1. The topological polar surface area (TPSA) is 71.5 Å². The SMILES string of the molecule is CC1(C)CC(NC(=O)c2ncccc2C#CCO)CCO1. The molecular formula is C16H20N2O3. The summed E-state index contributed by atoms with van der Waals surface area (Å²) < 4.78 is 5.64. The van der Waals surface area contributed by atoms with E-state index in [0.29, 0.717) is 17.9 Å². The maximum Gasteiger partial charge on any atom is 0.271 e. The van der Waals surface area contributed by atoms with Crippen molar-refractivity contribution in [3.05, 3.63) is 29.6 Å². The van der Waals surface area contributed by atoms with Crippen LogP contribution in [0.4, 0.5) is 0 Å². The molecule has 2 heterocycles. The van der Waals surface area contributed by atoms with Crippen LogP contribution in [-0.4, -0.2) is 40.9 Å². The van der Waals surface area contributed by atoms with Gasteiger partial charge in [-0.05, 0) is 38.8 Å². The third kappa shape index (κ3) is 4.28. The van der Waals surface area contributed by atoms with Gasteiger partial charge in [0.1, 0.15) is 12.3 Å². The molecule has 1 fully saturated rings. The fourth-order valence-corrected chi connectivity index (χ4v) is 2.43. The summed E-state index contributed by atoms with van der Waals surface area (Å²) in [6.45, 7) is 4.43. The molecule has 21 heavy (non-hydrogen) atoms. The number of amides is 1. The third-order valence-electron chi connectivity index (χ3n) is 3.36. The molecule has 5 heteroatoms. The second-order valence-corrected chi connectivity index (χ2v) is 5.63. The molecule has 0 spiro atoms. The molecule has 1 aliphatic rings. The van der Waals surface area contributed by atoms with Gasteiger partial charge in [-0.1, -0.05) is 11.8 Å². The van der Waals surface area contributed by atoms with Crippen LogP contribution in [0.5, 0.6) is 0 Å². The number of aromatic nitrogens is 1. The van der Waals surface area contributed by atoms with Crippen molar-refractivity contribution in [2.24, 2.45) is 0 Å². The standard InChI is InChI=1S/C16H20N2O3/c1-16(2)11-13(7-10-21-16)18-15(20)14-12(6-4-9-19)5-3-8-17-14/h3,5,8,13,19H,7,9-11H2,1-2H3,(H,18,20). The lowest BCUT2D eigenvalue weighted by molar-refractivity contribution is -0.0615. The number of rotatable bonds is 2. The van der Waals surface area contributed by atoms with E-state index in [0.717, 1.165) is 12.8 Å². The van der Waals surface area contributed by atoms with Gasteiger partial charge in [0.25, 0.3) is 5.91 Å². The highest BCUT2D eigenvalue weighted by atomic mass is 16.5. The summed E-state index contributed by atoms with van der Waals surface area (Å²) >= 11 is 0. The number of nitrogens with zero attached hydrogens (tertiary/aromatic N) is 1. The number of hydrogen-bond donors (Lipinski definition) is 2. The lowest BCUT2D eigenvalue weighted by Gasteiger charge is -2.35. The molecule has 2 N–H and O–H groups in total. The number of ether oxygens (including phenoxy) is 1. The number of pyridine rings is 1. The Kier molecular flexibility index (Phi) is 4.94. The summed E-state index contributed by atoms with van der Waals surface area (Å²) in [5.41, 5.74) is 0.595. The summed E-state index contributed by atoms with van der Waals surface area (Å²) in [6.07, 6.45) is 3.12. The fraction of sp³-hybridized carbons (Fsp3) is 0.500. The van der Waals surface area contributed by atoms with Crippen molar-refractivity contribution in [1.82, 2.24) is 10.3 Å². The van der Waals surface area contributed by atoms with E-state index in [1.54, 1.807) is 18.3 Å². The van der Waals surface area contributed by atoms with Crippen LogP contribution in [0.1, 0.15) is 42.7 Å². The van der Waals surface area contributed by atoms with E-state index >= 15 is 0 Å². The zero-order chi connectivity index (χ0) is 15.3. The molecule has 1 aliphatic heterocycles. The average molecular weight is 288 g/mol. The lowest BCUT2D eigenvalue weighted by Crippen LogP contribution is -2.46. The number of carbonyl (C=O) groups is 1. The van der Waals surface area contributed by atoms with E-state index in [-0.39, 0.29) is 24.2 Å². The second kappa shape index (κ2) is 6.70. The van der Waals surface area contributed by atoms with Crippen molar-refractivity contribution in [1.29, 1.82) is 0 Å². The van der Waals surface area contributed by atoms with Crippen LogP contribution in [-0.2, 0) is 4.74 Å². The Balaban J connectivity index is 2.10. The maximum atomic E-state index is 12.4. The number of nitrogens with one attached hydrogen (secondary N) is 1. The van der Waals surface area contributed by atoms with Gasteiger partial charge in [-0.3, -0.25) is 4.79 Å². The van der Waals surface area contributed by atoms with Crippen molar-refractivity contribution in [3.63, 3.8) is 0 Å². The van der Waals surface area contributed by atoms with Crippen molar-refractivity contribution in [2.75, 3.05) is 13.2 Å². The van der Waals surface area contributed by atoms with Crippen molar-refractivity contribution in [3.8, 4) is 11.8 Å². The van der Waals surface area contributed by atoms with Crippen LogP contribution in [0.25, 0.3) is 0 Å². The molecule has 1 amide bonds. The Hall–Kier alpha value is -1.90. The van der Waals surface area contributed by atoms with E-state index in [1.807, 2.05) is 13.8 Å². The monoisotopic (exact) mass is 288 g/mol. The highest BCUT2D eigenvalue weighted by Crippen LogP contribution is 2.24. The molecule has 0 saturated carbocycles. The number of carbonyl (C=O) groups excluding carboxylic acids is 1. The van der Waals surface area contributed by atoms with Gasteiger partial charge in [0.15, 0.2) is 0 Å². The lowest BCUT2D eigenvalue weighted by atomic mass is 9.94. The van der Waals surface area contributed by atoms with Crippen molar-refractivity contribution < 1.29 is 14.6 Å². The normalized spacial score (nSPS) is 20.2. The largest absolute Gasteiger partial charge is 0.384 e. The first kappa shape index (κ1) is 15.5. The summed E-state index contributed by atoms with van der Waals surface area (Å²) in [5, 5.41) is 11.8. The Labute approximate surface area is 124 Å². The maximum absolute atomic E-state index is 12.4. The quantitative estimate of drug-likeness (QED) is 0.800. The fourth-order valence-electron chi connectivity index (χ4n) is 2.43. The Morgan fingerprint density at radius 3 is 3.14 bits per heavy atom. The van der Waals surface area contributed by atoms with Gasteiger partial charge >= 0.3 is 0 Å². The van der Waals surface area contributed by atoms with E-state index < -0.39 is 0 Å². The van der Waals surface area contributed by atoms with Crippen molar-refractivity contribution >= 4 is 5.91 Å². The van der Waals surface area contributed by atoms with Gasteiger partial charge < -0.3 is 15.2 Å². The van der Waals surface area contributed by atoms with Gasteiger partial charge in [0.05, 0.1) is 11.2 Å². The summed E-state index contributed by atoms with van der Waals surface area (Å²) in [5.74, 6) is 5.06. The van der Waals surface area contributed by atoms with Gasteiger partial charge in [-0.25, -0.2) is 4.98 Å². The van der Waals surface area contributed by atoms with Gasteiger partial charge in [-0.15, -0.1) is 0 Å². The molecule has 0 aromatic carbocycles. The zero-order valence-electron chi connectivity index (χ0n) is 12.3. The Bertz CT molecular complexity index is 572. The van der Waals surface area contributed by atoms with Crippen LogP contribution in [0, 0.1) is 11.8 Å². The molecule has 1 aromatic rings. The number of aliphatic hydroxyl groups is 1. The van der Waals surface area contributed by atoms with Crippen LogP contribution in [0.3, 0.4) is 0 Å². The molecule has 1 unspecified atom stereocenters. The minimum Gasteiger partial charge on any atom is -0.384 e. The predicted octanol–water partition coefficient (Wildman–Crippen LogP) is 1.11. The highest BCUT2D eigenvalue weighted by molar-refractivity contribution is 5.94. The van der Waals surface area contributed by atoms with Crippen LogP contribution in [0.2, 0.25) is 0 Å². The van der Waals surface area contributed by atoms with Gasteiger partial charge in [-0.2, -0.15) is 0 Å². The molecule has 1 aromatic heterocycles. The van der Waals surface area contributed by atoms with E-state index in [9.17, 15) is 4.79 Å². The first-order valence-electron chi connectivity index (χ1n) is 7.01. The van der Waals surface area contributed by atoms with E-state index in [4.69, 9.17) is 9.84 Å². The summed E-state index contributed by atoms with van der Waals surface area (Å²) in [6, 6.07) is 3.51. The molecule has 1 saturated heterocycles. The summed E-state index contributed by atoms with van der Waals surface area (Å²) in [7, 11) is 0. The minimum absolute atomic E-state index is 0.0712. The van der Waals surface area contributed by atoms with Crippen LogP contribution < -0.4 is 5.32 Å². The van der Waals surface area contributed by atoms with Crippen LogP contribution in [0.15, 0.2) is 18.3 Å². The molecule has 112 valence electrons. The molecule has 5 nitrogen and oxygen atoms in total. The minimum atomic E-state index is -0.246. The highest BCUT2D eigenvalue weighted by Gasteiger charge is 2.30. The number of hydrogen-bond acceptors (Lipinski definition) is 4. The van der Waals surface area contributed by atoms with Crippen LogP contribution >= 0.6 is 0 Å². The molecule has 0 aliphatic carbocycles. The van der Waals surface area contributed by atoms with E-state index in [1.165, 1.54) is 0 Å². The first-order chi connectivity index (χ1) is 10.0. The first-order valence-corrected chi connectivity index (χ1v) is 7.01. The molecule has 0 bridgehead atoms. The molecule has 1 atom stereocenters. The van der Waals surface area contributed by atoms with E-state index in [2.05, 4.69) is 22.1 Å².